The molecule has 0 spiro atoms. The van der Waals surface area contributed by atoms with Crippen molar-refractivity contribution in [3.63, 3.8) is 0 Å². The van der Waals surface area contributed by atoms with Gasteiger partial charge in [-0.1, -0.05) is 11.8 Å². The highest BCUT2D eigenvalue weighted by Gasteiger charge is 2.21. The van der Waals surface area contributed by atoms with Crippen molar-refractivity contribution in [2.24, 2.45) is 0 Å². The van der Waals surface area contributed by atoms with Gasteiger partial charge in [-0.25, -0.2) is 4.79 Å². The number of hydrogen-bond acceptors (Lipinski definition) is 5. The molecule has 0 saturated carbocycles. The van der Waals surface area contributed by atoms with Gasteiger partial charge >= 0.3 is 5.97 Å². The van der Waals surface area contributed by atoms with Gasteiger partial charge in [-0.15, -0.1) is 0 Å². The van der Waals surface area contributed by atoms with Gasteiger partial charge in [-0.3, -0.25) is 4.79 Å². The molecule has 1 aliphatic heterocycles. The van der Waals surface area contributed by atoms with Crippen LogP contribution in [-0.2, 0) is 22.4 Å². The second-order valence-electron chi connectivity index (χ2n) is 6.35. The second-order valence-corrected chi connectivity index (χ2v) is 6.35. The van der Waals surface area contributed by atoms with Crippen molar-refractivity contribution < 1.29 is 19.0 Å². The Labute approximate surface area is 164 Å². The fourth-order valence-electron chi connectivity index (χ4n) is 3.24. The predicted molar refractivity (Wildman–Crippen MR) is 106 cm³/mol. The maximum Gasteiger partial charge on any atom is 0.343 e. The van der Waals surface area contributed by atoms with Crippen LogP contribution >= 0.6 is 0 Å². The largest absolute Gasteiger partial charge is 0.495 e. The first-order chi connectivity index (χ1) is 13.6. The van der Waals surface area contributed by atoms with E-state index in [1.54, 1.807) is 27.3 Å². The molecule has 1 aliphatic rings. The summed E-state index contributed by atoms with van der Waals surface area (Å²) in [5.74, 6) is 6.28. The minimum absolute atomic E-state index is 0.0571. The average molecular weight is 381 g/mol. The Hall–Kier alpha value is -3.04. The van der Waals surface area contributed by atoms with Crippen molar-refractivity contribution in [1.29, 1.82) is 0 Å². The molecule has 1 aromatic carbocycles. The van der Waals surface area contributed by atoms with Crippen LogP contribution in [0.15, 0.2) is 29.2 Å². The summed E-state index contributed by atoms with van der Waals surface area (Å²) < 4.78 is 17.4. The number of esters is 1. The number of fused-ring (bicyclic) bond motifs is 3. The number of rotatable bonds is 5. The van der Waals surface area contributed by atoms with Crippen LogP contribution in [-0.4, -0.2) is 38.0 Å². The summed E-state index contributed by atoms with van der Waals surface area (Å²) in [6, 6.07) is 5.42. The fraction of sp³-hybridized carbons (Fsp3) is 0.364. The molecule has 0 N–H and O–H groups in total. The van der Waals surface area contributed by atoms with Crippen LogP contribution in [0.2, 0.25) is 0 Å². The van der Waals surface area contributed by atoms with Gasteiger partial charge in [0, 0.05) is 37.9 Å². The van der Waals surface area contributed by atoms with Gasteiger partial charge in [0.1, 0.15) is 11.3 Å². The van der Waals surface area contributed by atoms with E-state index in [1.807, 2.05) is 16.7 Å². The minimum atomic E-state index is -0.590. The van der Waals surface area contributed by atoms with E-state index in [9.17, 15) is 9.59 Å². The lowest BCUT2D eigenvalue weighted by Gasteiger charge is -2.24. The van der Waals surface area contributed by atoms with Crippen LogP contribution in [0.3, 0.4) is 0 Å². The molecular weight excluding hydrogens is 358 g/mol. The molecule has 1 aromatic heterocycles. The number of carbonyl (C=O) groups excluding carboxylic acids is 1. The Morgan fingerprint density at radius 1 is 1.25 bits per heavy atom. The summed E-state index contributed by atoms with van der Waals surface area (Å²) in [5, 5.41) is 0. The summed E-state index contributed by atoms with van der Waals surface area (Å²) in [5.41, 5.74) is 3.30. The van der Waals surface area contributed by atoms with Crippen molar-refractivity contribution in [2.45, 2.75) is 26.3 Å². The van der Waals surface area contributed by atoms with E-state index in [-0.39, 0.29) is 17.6 Å². The van der Waals surface area contributed by atoms with E-state index in [0.717, 1.165) is 28.8 Å². The van der Waals surface area contributed by atoms with Crippen molar-refractivity contribution >= 4 is 5.97 Å². The molecule has 2 aromatic rings. The van der Waals surface area contributed by atoms with Gasteiger partial charge in [0.15, 0.2) is 5.43 Å². The van der Waals surface area contributed by atoms with Crippen LogP contribution in [0.4, 0.5) is 0 Å². The maximum atomic E-state index is 12.5. The molecule has 0 atom stereocenters. The number of hydrogen-bond donors (Lipinski definition) is 0. The number of carbonyl (C=O) groups is 1. The molecule has 2 heterocycles. The number of methoxy groups -OCH3 is 2. The highest BCUT2D eigenvalue weighted by molar-refractivity contribution is 5.89. The highest BCUT2D eigenvalue weighted by atomic mass is 16.5. The zero-order valence-electron chi connectivity index (χ0n) is 16.3. The maximum absolute atomic E-state index is 12.5. The van der Waals surface area contributed by atoms with Gasteiger partial charge in [-0.2, -0.15) is 0 Å². The lowest BCUT2D eigenvalue weighted by Crippen LogP contribution is -2.23. The van der Waals surface area contributed by atoms with Crippen molar-refractivity contribution in [1.82, 2.24) is 4.57 Å². The van der Waals surface area contributed by atoms with Crippen molar-refractivity contribution in [3.8, 4) is 28.8 Å². The Morgan fingerprint density at radius 3 is 2.79 bits per heavy atom. The van der Waals surface area contributed by atoms with Crippen molar-refractivity contribution in [3.05, 3.63) is 51.3 Å². The van der Waals surface area contributed by atoms with Gasteiger partial charge in [0.2, 0.25) is 0 Å². The van der Waals surface area contributed by atoms with Gasteiger partial charge in [0.05, 0.1) is 31.6 Å². The lowest BCUT2D eigenvalue weighted by atomic mass is 9.94. The van der Waals surface area contributed by atoms with E-state index in [1.165, 1.54) is 6.07 Å². The third-order valence-corrected chi connectivity index (χ3v) is 4.60. The van der Waals surface area contributed by atoms with Crippen LogP contribution in [0.1, 0.15) is 34.8 Å². The van der Waals surface area contributed by atoms with Crippen LogP contribution in [0.5, 0.6) is 5.75 Å². The Morgan fingerprint density at radius 2 is 2.07 bits per heavy atom. The number of aryl methyl sites for hydroxylation is 2. The number of aromatic nitrogens is 1. The monoisotopic (exact) mass is 381 g/mol. The predicted octanol–water partition coefficient (Wildman–Crippen LogP) is 2.64. The zero-order chi connectivity index (χ0) is 20.1. The summed E-state index contributed by atoms with van der Waals surface area (Å²) in [4.78, 5) is 24.5. The minimum Gasteiger partial charge on any atom is -0.495 e. The Kier molecular flexibility index (Phi) is 6.17. The molecule has 0 saturated heterocycles. The lowest BCUT2D eigenvalue weighted by molar-refractivity contribution is 0.0524. The fourth-order valence-corrected chi connectivity index (χ4v) is 3.24. The standard InChI is InChI=1S/C22H23NO5/c1-4-28-22(25)18-14-23-9-8-15-11-16(7-5-6-10-26-2)21(27-3)12-17(15)19(23)13-20(18)24/h11-14H,4,6,8-10H2,1-3H3. The van der Waals surface area contributed by atoms with E-state index >= 15 is 0 Å². The molecule has 0 bridgehead atoms. The molecule has 0 fully saturated rings. The van der Waals surface area contributed by atoms with Gasteiger partial charge < -0.3 is 18.8 Å². The molecule has 0 amide bonds. The topological polar surface area (TPSA) is 66.8 Å². The number of pyridine rings is 1. The molecule has 28 heavy (non-hydrogen) atoms. The zero-order valence-corrected chi connectivity index (χ0v) is 16.3. The molecule has 3 rings (SSSR count). The summed E-state index contributed by atoms with van der Waals surface area (Å²) in [7, 11) is 3.25. The Balaban J connectivity index is 2.03. The third-order valence-electron chi connectivity index (χ3n) is 4.60. The molecule has 6 nitrogen and oxygen atoms in total. The van der Waals surface area contributed by atoms with E-state index in [4.69, 9.17) is 14.2 Å². The van der Waals surface area contributed by atoms with E-state index < -0.39 is 5.97 Å². The van der Waals surface area contributed by atoms with Gasteiger partial charge in [0.25, 0.3) is 0 Å². The highest BCUT2D eigenvalue weighted by Crippen LogP contribution is 2.34. The summed E-state index contributed by atoms with van der Waals surface area (Å²) in [6.07, 6.45) is 3.00. The first-order valence-electron chi connectivity index (χ1n) is 9.19. The first-order valence-corrected chi connectivity index (χ1v) is 9.19. The molecule has 6 heteroatoms. The molecule has 146 valence electrons. The van der Waals surface area contributed by atoms with Crippen molar-refractivity contribution in [2.75, 3.05) is 27.4 Å². The van der Waals surface area contributed by atoms with Gasteiger partial charge in [-0.05, 0) is 31.0 Å². The molecule has 0 aliphatic carbocycles. The second kappa shape index (κ2) is 8.77. The molecular formula is C22H23NO5. The van der Waals surface area contributed by atoms with Crippen LogP contribution in [0, 0.1) is 11.8 Å². The number of nitrogens with zero attached hydrogens (tertiary/aromatic N) is 1. The SMILES string of the molecule is CCOC(=O)c1cn2c(cc1=O)-c1cc(OC)c(C#CCCOC)cc1CC2. The van der Waals surface area contributed by atoms with Crippen LogP contribution < -0.4 is 10.2 Å². The third kappa shape index (κ3) is 3.95. The molecule has 0 unspecified atom stereocenters. The quantitative estimate of drug-likeness (QED) is 0.453. The number of ether oxygens (including phenoxy) is 3. The first kappa shape index (κ1) is 19.7. The normalized spacial score (nSPS) is 11.7. The summed E-state index contributed by atoms with van der Waals surface area (Å²) in [6.45, 7) is 3.19. The summed E-state index contributed by atoms with van der Waals surface area (Å²) >= 11 is 0. The van der Waals surface area contributed by atoms with Crippen LogP contribution in [0.25, 0.3) is 11.3 Å². The number of benzene rings is 1. The smallest absolute Gasteiger partial charge is 0.343 e. The Bertz CT molecular complexity index is 1010. The molecule has 0 radical (unpaired) electrons. The van der Waals surface area contributed by atoms with E-state index in [2.05, 4.69) is 11.8 Å². The van der Waals surface area contributed by atoms with E-state index in [0.29, 0.717) is 25.3 Å². The average Bonchev–Trinajstić information content (AvgIpc) is 2.70.